The Labute approximate surface area is 122 Å². The first-order valence-corrected chi connectivity index (χ1v) is 6.68. The summed E-state index contributed by atoms with van der Waals surface area (Å²) in [6, 6.07) is 5.89. The maximum atomic E-state index is 12.7. The maximum absolute atomic E-state index is 12.7. The van der Waals surface area contributed by atoms with Crippen LogP contribution < -0.4 is 10.1 Å². The molecule has 0 aliphatic rings. The molecule has 1 heterocycles. The Kier molecular flexibility index (Phi) is 5.63. The summed E-state index contributed by atoms with van der Waals surface area (Å²) in [5.74, 6) is 0.122. The number of ether oxygens (including phenoxy) is 1. The minimum Gasteiger partial charge on any atom is -0.494 e. The second kappa shape index (κ2) is 7.94. The first-order valence-electron chi connectivity index (χ1n) is 6.68. The number of nitrogens with zero attached hydrogens (tertiary/aromatic N) is 2. The number of nitrogens with one attached hydrogen (secondary N) is 1. The van der Waals surface area contributed by atoms with Gasteiger partial charge in [-0.25, -0.2) is 9.37 Å². The quantitative estimate of drug-likeness (QED) is 0.794. The van der Waals surface area contributed by atoms with Gasteiger partial charge in [0.05, 0.1) is 12.8 Å². The van der Waals surface area contributed by atoms with Crippen LogP contribution in [0.3, 0.4) is 0 Å². The fourth-order valence-electron chi connectivity index (χ4n) is 1.66. The van der Waals surface area contributed by atoms with Crippen LogP contribution in [0.2, 0.25) is 0 Å². The highest BCUT2D eigenvalue weighted by atomic mass is 19.1. The number of carbonyl (C=O) groups is 1. The van der Waals surface area contributed by atoms with E-state index in [0.717, 1.165) is 12.8 Å². The molecular formula is C15H16FN3O2. The van der Waals surface area contributed by atoms with Crippen molar-refractivity contribution in [2.45, 2.75) is 12.8 Å². The zero-order valence-corrected chi connectivity index (χ0v) is 11.5. The van der Waals surface area contributed by atoms with Crippen molar-refractivity contribution in [2.24, 2.45) is 0 Å². The third kappa shape index (κ3) is 5.18. The second-order valence-corrected chi connectivity index (χ2v) is 4.36. The van der Waals surface area contributed by atoms with Gasteiger partial charge in [0.15, 0.2) is 0 Å². The minimum absolute atomic E-state index is 0.234. The molecule has 0 radical (unpaired) electrons. The summed E-state index contributed by atoms with van der Waals surface area (Å²) in [5, 5.41) is 2.76. The number of rotatable bonds is 7. The van der Waals surface area contributed by atoms with E-state index in [9.17, 15) is 9.18 Å². The van der Waals surface area contributed by atoms with E-state index in [0.29, 0.717) is 24.6 Å². The lowest BCUT2D eigenvalue weighted by molar-refractivity contribution is 0.0947. The number of aromatic nitrogens is 2. The lowest BCUT2D eigenvalue weighted by Gasteiger charge is -2.06. The molecule has 0 saturated heterocycles. The number of hydrogen-bond donors (Lipinski definition) is 1. The predicted octanol–water partition coefficient (Wildman–Crippen LogP) is 2.20. The van der Waals surface area contributed by atoms with Gasteiger partial charge in [0, 0.05) is 18.9 Å². The molecule has 0 saturated carbocycles. The Bertz CT molecular complexity index is 561. The Hall–Kier alpha value is -2.50. The summed E-state index contributed by atoms with van der Waals surface area (Å²) in [5.41, 5.74) is 0.306. The second-order valence-electron chi connectivity index (χ2n) is 4.36. The van der Waals surface area contributed by atoms with Gasteiger partial charge in [-0.15, -0.1) is 0 Å². The van der Waals surface area contributed by atoms with Crippen LogP contribution in [0.1, 0.15) is 23.3 Å². The first-order chi connectivity index (χ1) is 10.3. The van der Waals surface area contributed by atoms with Crippen LogP contribution >= 0.6 is 0 Å². The Morgan fingerprint density at radius 1 is 1.19 bits per heavy atom. The van der Waals surface area contributed by atoms with Crippen molar-refractivity contribution in [3.63, 3.8) is 0 Å². The van der Waals surface area contributed by atoms with Gasteiger partial charge in [-0.05, 0) is 37.1 Å². The fourth-order valence-corrected chi connectivity index (χ4v) is 1.66. The van der Waals surface area contributed by atoms with Crippen molar-refractivity contribution in [1.29, 1.82) is 0 Å². The summed E-state index contributed by atoms with van der Waals surface area (Å²) >= 11 is 0. The van der Waals surface area contributed by atoms with Crippen molar-refractivity contribution in [3.05, 3.63) is 54.4 Å². The molecule has 0 fully saturated rings. The summed E-state index contributed by atoms with van der Waals surface area (Å²) in [6.45, 7) is 1.06. The topological polar surface area (TPSA) is 64.1 Å². The number of benzene rings is 1. The van der Waals surface area contributed by atoms with E-state index in [-0.39, 0.29) is 11.7 Å². The zero-order valence-electron chi connectivity index (χ0n) is 11.5. The van der Waals surface area contributed by atoms with E-state index in [1.54, 1.807) is 12.1 Å². The number of amides is 1. The van der Waals surface area contributed by atoms with Gasteiger partial charge < -0.3 is 10.1 Å². The highest BCUT2D eigenvalue weighted by molar-refractivity contribution is 5.91. The monoisotopic (exact) mass is 289 g/mol. The van der Waals surface area contributed by atoms with Crippen LogP contribution in [0.4, 0.5) is 4.39 Å². The van der Waals surface area contributed by atoms with Crippen molar-refractivity contribution >= 4 is 5.91 Å². The van der Waals surface area contributed by atoms with Gasteiger partial charge in [0.25, 0.3) is 5.91 Å². The largest absolute Gasteiger partial charge is 0.494 e. The minimum atomic E-state index is -0.283. The standard InChI is InChI=1S/C15H16FN3O2/c16-12-3-5-13(6-4-12)21-10-2-1-7-19-15(20)14-11-17-8-9-18-14/h3-6,8-9,11H,1-2,7,10H2,(H,19,20). The average Bonchev–Trinajstić information content (AvgIpc) is 2.53. The Morgan fingerprint density at radius 2 is 2.00 bits per heavy atom. The molecule has 0 unspecified atom stereocenters. The van der Waals surface area contributed by atoms with Gasteiger partial charge in [0.2, 0.25) is 0 Å². The Balaban J connectivity index is 1.58. The third-order valence-corrected chi connectivity index (χ3v) is 2.73. The van der Waals surface area contributed by atoms with Crippen molar-refractivity contribution in [3.8, 4) is 5.75 Å². The van der Waals surface area contributed by atoms with Crippen LogP contribution in [-0.2, 0) is 0 Å². The van der Waals surface area contributed by atoms with E-state index >= 15 is 0 Å². The molecule has 1 amide bonds. The van der Waals surface area contributed by atoms with Gasteiger partial charge in [0.1, 0.15) is 17.3 Å². The molecule has 5 nitrogen and oxygen atoms in total. The van der Waals surface area contributed by atoms with E-state index in [1.807, 2.05) is 0 Å². The lowest BCUT2D eigenvalue weighted by atomic mass is 10.3. The van der Waals surface area contributed by atoms with E-state index in [1.165, 1.54) is 30.7 Å². The summed E-state index contributed by atoms with van der Waals surface area (Å²) < 4.78 is 18.1. The molecule has 1 aromatic carbocycles. The molecule has 0 spiro atoms. The molecule has 2 aromatic rings. The Morgan fingerprint density at radius 3 is 2.71 bits per heavy atom. The number of halogens is 1. The van der Waals surface area contributed by atoms with Crippen LogP contribution in [-0.4, -0.2) is 29.0 Å². The average molecular weight is 289 g/mol. The summed E-state index contributed by atoms with van der Waals surface area (Å²) in [6.07, 6.45) is 5.99. The van der Waals surface area contributed by atoms with E-state index in [2.05, 4.69) is 15.3 Å². The first kappa shape index (κ1) is 14.9. The zero-order chi connectivity index (χ0) is 14.9. The molecule has 6 heteroatoms. The third-order valence-electron chi connectivity index (χ3n) is 2.73. The van der Waals surface area contributed by atoms with E-state index in [4.69, 9.17) is 4.74 Å². The SMILES string of the molecule is O=C(NCCCCOc1ccc(F)cc1)c1cnccn1. The van der Waals surface area contributed by atoms with Gasteiger partial charge in [-0.2, -0.15) is 0 Å². The molecule has 2 rings (SSSR count). The molecule has 0 aliphatic carbocycles. The van der Waals surface area contributed by atoms with Gasteiger partial charge in [-0.3, -0.25) is 9.78 Å². The molecular weight excluding hydrogens is 273 g/mol. The van der Waals surface area contributed by atoms with Gasteiger partial charge in [-0.1, -0.05) is 0 Å². The summed E-state index contributed by atoms with van der Waals surface area (Å²) in [4.78, 5) is 19.4. The van der Waals surface area contributed by atoms with Crippen LogP contribution in [0.5, 0.6) is 5.75 Å². The van der Waals surface area contributed by atoms with Crippen LogP contribution in [0, 0.1) is 5.82 Å². The van der Waals surface area contributed by atoms with Gasteiger partial charge >= 0.3 is 0 Å². The molecule has 1 aromatic heterocycles. The van der Waals surface area contributed by atoms with Crippen LogP contribution in [0.15, 0.2) is 42.9 Å². The summed E-state index contributed by atoms with van der Waals surface area (Å²) in [7, 11) is 0. The fraction of sp³-hybridized carbons (Fsp3) is 0.267. The number of unbranched alkanes of at least 4 members (excludes halogenated alkanes) is 1. The number of carbonyl (C=O) groups excluding carboxylic acids is 1. The maximum Gasteiger partial charge on any atom is 0.271 e. The predicted molar refractivity (Wildman–Crippen MR) is 75.5 cm³/mol. The molecule has 0 aliphatic heterocycles. The lowest BCUT2D eigenvalue weighted by Crippen LogP contribution is -2.25. The number of hydrogen-bond acceptors (Lipinski definition) is 4. The van der Waals surface area contributed by atoms with Crippen molar-refractivity contribution in [2.75, 3.05) is 13.2 Å². The highest BCUT2D eigenvalue weighted by Crippen LogP contribution is 2.11. The van der Waals surface area contributed by atoms with E-state index < -0.39 is 0 Å². The highest BCUT2D eigenvalue weighted by Gasteiger charge is 2.05. The van der Waals surface area contributed by atoms with Crippen molar-refractivity contribution in [1.82, 2.24) is 15.3 Å². The molecule has 110 valence electrons. The van der Waals surface area contributed by atoms with Crippen LogP contribution in [0.25, 0.3) is 0 Å². The normalized spacial score (nSPS) is 10.1. The molecule has 0 bridgehead atoms. The van der Waals surface area contributed by atoms with Crippen molar-refractivity contribution < 1.29 is 13.9 Å². The smallest absolute Gasteiger partial charge is 0.271 e. The molecule has 1 N–H and O–H groups in total. The molecule has 21 heavy (non-hydrogen) atoms. The molecule has 0 atom stereocenters.